The van der Waals surface area contributed by atoms with Crippen molar-refractivity contribution in [1.29, 1.82) is 5.26 Å². The number of nitriles is 1. The monoisotopic (exact) mass is 263 g/mol. The molecule has 0 bridgehead atoms. The Labute approximate surface area is 113 Å². The van der Waals surface area contributed by atoms with E-state index in [2.05, 4.69) is 13.0 Å². The Morgan fingerprint density at radius 3 is 2.67 bits per heavy atom. The lowest BCUT2D eigenvalue weighted by Crippen LogP contribution is -2.32. The van der Waals surface area contributed by atoms with Crippen molar-refractivity contribution < 1.29 is 5.11 Å². The lowest BCUT2D eigenvalue weighted by molar-refractivity contribution is 0.0219. The number of aliphatic hydroxyl groups is 1. The van der Waals surface area contributed by atoms with Crippen molar-refractivity contribution in [1.82, 2.24) is 0 Å². The molecule has 96 valence electrons. The Balaban J connectivity index is 2.27. The Morgan fingerprint density at radius 1 is 1.44 bits per heavy atom. The zero-order valence-electron chi connectivity index (χ0n) is 10.6. The van der Waals surface area contributed by atoms with Crippen LogP contribution in [0.5, 0.6) is 0 Å². The number of rotatable bonds is 2. The zero-order valence-corrected chi connectivity index (χ0v) is 11.3. The van der Waals surface area contributed by atoms with E-state index in [0.29, 0.717) is 10.9 Å². The van der Waals surface area contributed by atoms with Crippen LogP contribution in [0.4, 0.5) is 0 Å². The summed E-state index contributed by atoms with van der Waals surface area (Å²) in [5.74, 6) is 0.500. The van der Waals surface area contributed by atoms with Crippen molar-refractivity contribution in [3.63, 3.8) is 0 Å². The summed E-state index contributed by atoms with van der Waals surface area (Å²) in [6.07, 6.45) is 2.99. The third-order valence-electron chi connectivity index (χ3n) is 3.96. The second kappa shape index (κ2) is 5.30. The van der Waals surface area contributed by atoms with Crippen LogP contribution in [0.2, 0.25) is 5.02 Å². The van der Waals surface area contributed by atoms with Gasteiger partial charge in [-0.15, -0.1) is 0 Å². The van der Waals surface area contributed by atoms with Gasteiger partial charge in [-0.25, -0.2) is 0 Å². The number of hydrogen-bond acceptors (Lipinski definition) is 2. The van der Waals surface area contributed by atoms with Crippen LogP contribution in [0.1, 0.15) is 44.3 Å². The van der Waals surface area contributed by atoms with Gasteiger partial charge in [0.15, 0.2) is 0 Å². The summed E-state index contributed by atoms with van der Waals surface area (Å²) in [6.45, 7) is 2.15. The minimum Gasteiger partial charge on any atom is -0.387 e. The van der Waals surface area contributed by atoms with Crippen LogP contribution >= 0.6 is 11.6 Å². The molecule has 0 spiro atoms. The molecule has 0 amide bonds. The smallest absolute Gasteiger partial charge is 0.0976 e. The van der Waals surface area contributed by atoms with E-state index in [1.807, 2.05) is 12.1 Å². The quantitative estimate of drug-likeness (QED) is 0.873. The van der Waals surface area contributed by atoms with Gasteiger partial charge < -0.3 is 5.11 Å². The number of hydrogen-bond donors (Lipinski definition) is 1. The molecule has 18 heavy (non-hydrogen) atoms. The Hall–Kier alpha value is -1.04. The van der Waals surface area contributed by atoms with Crippen molar-refractivity contribution in [3.8, 4) is 6.07 Å². The van der Waals surface area contributed by atoms with Gasteiger partial charge in [0.05, 0.1) is 17.6 Å². The molecule has 0 radical (unpaired) electrons. The Morgan fingerprint density at radius 2 is 2.11 bits per heavy atom. The largest absolute Gasteiger partial charge is 0.387 e. The topological polar surface area (TPSA) is 44.0 Å². The van der Waals surface area contributed by atoms with Crippen LogP contribution in [0.3, 0.4) is 0 Å². The molecule has 1 aromatic rings. The summed E-state index contributed by atoms with van der Waals surface area (Å²) >= 11 is 5.85. The summed E-state index contributed by atoms with van der Waals surface area (Å²) < 4.78 is 0. The molecule has 2 rings (SSSR count). The van der Waals surface area contributed by atoms with Crippen molar-refractivity contribution in [2.75, 3.05) is 0 Å². The first-order chi connectivity index (χ1) is 8.57. The third-order valence-corrected chi connectivity index (χ3v) is 4.22. The fourth-order valence-corrected chi connectivity index (χ4v) is 3.09. The van der Waals surface area contributed by atoms with Gasteiger partial charge in [-0.1, -0.05) is 43.5 Å². The zero-order chi connectivity index (χ0) is 13.2. The molecule has 0 aliphatic heterocycles. The first-order valence-corrected chi connectivity index (χ1v) is 6.80. The molecule has 1 aliphatic carbocycles. The highest BCUT2D eigenvalue weighted by molar-refractivity contribution is 6.30. The van der Waals surface area contributed by atoms with Gasteiger partial charge in [-0.2, -0.15) is 5.26 Å². The van der Waals surface area contributed by atoms with Gasteiger partial charge in [0.1, 0.15) is 0 Å². The second-order valence-electron chi connectivity index (χ2n) is 5.42. The maximum atomic E-state index is 10.5. The molecule has 0 aromatic heterocycles. The van der Waals surface area contributed by atoms with Crippen molar-refractivity contribution in [3.05, 3.63) is 34.9 Å². The second-order valence-corrected chi connectivity index (χ2v) is 5.86. The van der Waals surface area contributed by atoms with Crippen molar-refractivity contribution in [2.24, 2.45) is 11.3 Å². The Bertz CT molecular complexity index is 451. The molecule has 0 saturated heterocycles. The van der Waals surface area contributed by atoms with Crippen LogP contribution in [0, 0.1) is 22.7 Å². The van der Waals surface area contributed by atoms with Crippen LogP contribution < -0.4 is 0 Å². The van der Waals surface area contributed by atoms with E-state index < -0.39 is 11.5 Å². The molecule has 3 unspecified atom stereocenters. The number of halogens is 1. The van der Waals surface area contributed by atoms with Gasteiger partial charge >= 0.3 is 0 Å². The van der Waals surface area contributed by atoms with E-state index in [1.165, 1.54) is 0 Å². The maximum absolute atomic E-state index is 10.5. The summed E-state index contributed by atoms with van der Waals surface area (Å²) in [7, 11) is 0. The summed E-state index contributed by atoms with van der Waals surface area (Å²) in [4.78, 5) is 0. The molecule has 2 nitrogen and oxygen atoms in total. The molecule has 3 atom stereocenters. The standard InChI is InChI=1S/C15H18ClNO/c1-11-3-2-8-15(9-11,10-17)14(18)12-4-6-13(16)7-5-12/h4-7,11,14,18H,2-3,8-9H2,1H3. The summed E-state index contributed by atoms with van der Waals surface area (Å²) in [5, 5.41) is 20.7. The molecule has 1 saturated carbocycles. The summed E-state index contributed by atoms with van der Waals surface area (Å²) in [5.41, 5.74) is 0.154. The van der Waals surface area contributed by atoms with Gasteiger partial charge in [0, 0.05) is 5.02 Å². The minimum absolute atomic E-state index is 0.500. The van der Waals surface area contributed by atoms with Crippen LogP contribution in [-0.4, -0.2) is 5.11 Å². The molecule has 0 heterocycles. The maximum Gasteiger partial charge on any atom is 0.0976 e. The SMILES string of the molecule is CC1CCCC(C#N)(C(O)c2ccc(Cl)cc2)C1. The normalized spacial score (nSPS) is 29.6. The van der Waals surface area contributed by atoms with Crippen LogP contribution in [-0.2, 0) is 0 Å². The van der Waals surface area contributed by atoms with Gasteiger partial charge in [-0.3, -0.25) is 0 Å². The van der Waals surface area contributed by atoms with E-state index in [9.17, 15) is 10.4 Å². The predicted molar refractivity (Wildman–Crippen MR) is 72.1 cm³/mol. The fraction of sp³-hybridized carbons (Fsp3) is 0.533. The minimum atomic E-state index is -0.720. The third kappa shape index (κ3) is 2.53. The molecular formula is C15H18ClNO. The molecule has 1 aliphatic rings. The highest BCUT2D eigenvalue weighted by Crippen LogP contribution is 2.47. The first-order valence-electron chi connectivity index (χ1n) is 6.42. The molecule has 1 fully saturated rings. The van der Waals surface area contributed by atoms with Gasteiger partial charge in [0.2, 0.25) is 0 Å². The average molecular weight is 264 g/mol. The van der Waals surface area contributed by atoms with E-state index in [0.717, 1.165) is 31.2 Å². The molecule has 3 heteroatoms. The average Bonchev–Trinajstić information content (AvgIpc) is 2.38. The van der Waals surface area contributed by atoms with Crippen molar-refractivity contribution in [2.45, 2.75) is 38.7 Å². The number of aliphatic hydroxyl groups excluding tert-OH is 1. The number of nitrogens with zero attached hydrogens (tertiary/aromatic N) is 1. The van der Waals surface area contributed by atoms with E-state index in [4.69, 9.17) is 11.6 Å². The van der Waals surface area contributed by atoms with E-state index in [1.54, 1.807) is 12.1 Å². The van der Waals surface area contributed by atoms with Gasteiger partial charge in [0.25, 0.3) is 0 Å². The molecule has 1 aromatic carbocycles. The first kappa shape index (κ1) is 13.4. The van der Waals surface area contributed by atoms with Crippen LogP contribution in [0.25, 0.3) is 0 Å². The van der Waals surface area contributed by atoms with E-state index >= 15 is 0 Å². The lowest BCUT2D eigenvalue weighted by atomic mass is 9.66. The predicted octanol–water partition coefficient (Wildman–Crippen LogP) is 4.09. The van der Waals surface area contributed by atoms with Gasteiger partial charge in [-0.05, 0) is 36.5 Å². The number of benzene rings is 1. The fourth-order valence-electron chi connectivity index (χ4n) is 2.97. The van der Waals surface area contributed by atoms with E-state index in [-0.39, 0.29) is 0 Å². The van der Waals surface area contributed by atoms with Crippen molar-refractivity contribution >= 4 is 11.6 Å². The lowest BCUT2D eigenvalue weighted by Gasteiger charge is -2.38. The highest BCUT2D eigenvalue weighted by atomic mass is 35.5. The molecular weight excluding hydrogens is 246 g/mol. The highest BCUT2D eigenvalue weighted by Gasteiger charge is 2.42. The van der Waals surface area contributed by atoms with Crippen LogP contribution in [0.15, 0.2) is 24.3 Å². The summed E-state index contributed by atoms with van der Waals surface area (Å²) in [6, 6.07) is 9.52. The molecule has 1 N–H and O–H groups in total. The Kier molecular flexibility index (Phi) is 3.94.